The van der Waals surface area contributed by atoms with Gasteiger partial charge in [0.1, 0.15) is 11.6 Å². The Balaban J connectivity index is 1.78. The highest BCUT2D eigenvalue weighted by Crippen LogP contribution is 2.41. The minimum Gasteiger partial charge on any atom is -0.340 e. The van der Waals surface area contributed by atoms with Crippen molar-refractivity contribution in [3.8, 4) is 0 Å². The maximum absolute atomic E-state index is 12.9. The third-order valence-electron chi connectivity index (χ3n) is 4.91. The predicted octanol–water partition coefficient (Wildman–Crippen LogP) is 1.79. The minimum absolute atomic E-state index is 0.109. The van der Waals surface area contributed by atoms with Crippen LogP contribution in [0.25, 0.3) is 0 Å². The molecule has 1 saturated heterocycles. The molecule has 0 aromatic carbocycles. The van der Waals surface area contributed by atoms with E-state index in [1.165, 1.54) is 0 Å². The number of piperazine rings is 1. The first-order valence-electron chi connectivity index (χ1n) is 7.80. The summed E-state index contributed by atoms with van der Waals surface area (Å²) in [6, 6.07) is -0.185. The fourth-order valence-electron chi connectivity index (χ4n) is 3.72. The van der Waals surface area contributed by atoms with E-state index in [4.69, 9.17) is 0 Å². The molecule has 1 aliphatic heterocycles. The number of carbonyl (C=O) groups is 2. The maximum Gasteiger partial charge on any atom is 0.249 e. The van der Waals surface area contributed by atoms with Crippen molar-refractivity contribution in [1.29, 1.82) is 0 Å². The standard InChI is InChI=1S/C15H24N2O2S/c1-20-10-4-9-17-12(11-5-6-11)13(18)16-15(14(17)19)7-2-3-8-15/h11-12H,2-10H2,1H3,(H,16,18). The van der Waals surface area contributed by atoms with Crippen LogP contribution < -0.4 is 5.32 Å². The van der Waals surface area contributed by atoms with Crippen LogP contribution in [0.3, 0.4) is 0 Å². The Kier molecular flexibility index (Phi) is 3.98. The second-order valence-corrected chi connectivity index (χ2v) is 7.39. The van der Waals surface area contributed by atoms with Crippen molar-refractivity contribution in [2.75, 3.05) is 18.6 Å². The molecule has 0 radical (unpaired) electrons. The van der Waals surface area contributed by atoms with Crippen LogP contribution >= 0.6 is 11.8 Å². The van der Waals surface area contributed by atoms with Gasteiger partial charge < -0.3 is 10.2 Å². The number of hydrogen-bond acceptors (Lipinski definition) is 3. The van der Waals surface area contributed by atoms with Crippen molar-refractivity contribution >= 4 is 23.6 Å². The van der Waals surface area contributed by atoms with E-state index in [0.717, 1.165) is 57.2 Å². The molecule has 1 spiro atoms. The van der Waals surface area contributed by atoms with Gasteiger partial charge in [0.2, 0.25) is 11.8 Å². The van der Waals surface area contributed by atoms with Gasteiger partial charge in [0, 0.05) is 6.54 Å². The molecule has 2 aliphatic carbocycles. The number of thioether (sulfide) groups is 1. The summed E-state index contributed by atoms with van der Waals surface area (Å²) in [6.45, 7) is 0.746. The van der Waals surface area contributed by atoms with Crippen LogP contribution in [0.5, 0.6) is 0 Å². The SMILES string of the molecule is CSCCCN1C(=O)C2(CCCC2)NC(=O)C1C1CC1. The number of nitrogens with one attached hydrogen (secondary N) is 1. The fraction of sp³-hybridized carbons (Fsp3) is 0.867. The van der Waals surface area contributed by atoms with Crippen molar-refractivity contribution in [3.05, 3.63) is 0 Å². The largest absolute Gasteiger partial charge is 0.340 e. The van der Waals surface area contributed by atoms with E-state index >= 15 is 0 Å². The van der Waals surface area contributed by atoms with Crippen LogP contribution in [0.2, 0.25) is 0 Å². The van der Waals surface area contributed by atoms with Crippen LogP contribution in [-0.4, -0.2) is 46.8 Å². The molecule has 3 rings (SSSR count). The molecule has 1 N–H and O–H groups in total. The minimum atomic E-state index is -0.554. The van der Waals surface area contributed by atoms with Gasteiger partial charge >= 0.3 is 0 Å². The lowest BCUT2D eigenvalue weighted by molar-refractivity contribution is -0.155. The third kappa shape index (κ3) is 2.45. The van der Waals surface area contributed by atoms with Crippen LogP contribution in [0.1, 0.15) is 44.9 Å². The Morgan fingerprint density at radius 3 is 2.60 bits per heavy atom. The number of carbonyl (C=O) groups excluding carboxylic acids is 2. The van der Waals surface area contributed by atoms with Crippen LogP contribution in [-0.2, 0) is 9.59 Å². The Morgan fingerprint density at radius 1 is 1.30 bits per heavy atom. The molecule has 1 unspecified atom stereocenters. The lowest BCUT2D eigenvalue weighted by atomic mass is 9.89. The number of amides is 2. The third-order valence-corrected chi connectivity index (χ3v) is 5.61. The molecule has 0 aromatic heterocycles. The van der Waals surface area contributed by atoms with Crippen LogP contribution in [0, 0.1) is 5.92 Å². The van der Waals surface area contributed by atoms with Gasteiger partial charge in [-0.2, -0.15) is 11.8 Å². The zero-order valence-corrected chi connectivity index (χ0v) is 13.0. The molecule has 3 aliphatic rings. The molecule has 2 amide bonds. The first-order chi connectivity index (χ1) is 9.68. The molecule has 0 aromatic rings. The van der Waals surface area contributed by atoms with Gasteiger partial charge in [-0.05, 0) is 50.0 Å². The lowest BCUT2D eigenvalue weighted by Crippen LogP contribution is -2.70. The van der Waals surface area contributed by atoms with E-state index in [0.29, 0.717) is 5.92 Å². The zero-order chi connectivity index (χ0) is 14.2. The summed E-state index contributed by atoms with van der Waals surface area (Å²) in [4.78, 5) is 27.4. The molecule has 0 bridgehead atoms. The maximum atomic E-state index is 12.9. The van der Waals surface area contributed by atoms with Crippen molar-refractivity contribution in [2.24, 2.45) is 5.92 Å². The zero-order valence-electron chi connectivity index (χ0n) is 12.2. The topological polar surface area (TPSA) is 49.4 Å². The smallest absolute Gasteiger partial charge is 0.249 e. The van der Waals surface area contributed by atoms with Gasteiger partial charge in [0.15, 0.2) is 0 Å². The van der Waals surface area contributed by atoms with E-state index in [-0.39, 0.29) is 17.9 Å². The highest BCUT2D eigenvalue weighted by atomic mass is 32.2. The fourth-order valence-corrected chi connectivity index (χ4v) is 4.14. The van der Waals surface area contributed by atoms with Gasteiger partial charge in [-0.3, -0.25) is 9.59 Å². The average molecular weight is 296 g/mol. The molecule has 20 heavy (non-hydrogen) atoms. The van der Waals surface area contributed by atoms with Crippen molar-refractivity contribution in [3.63, 3.8) is 0 Å². The molecule has 3 fully saturated rings. The van der Waals surface area contributed by atoms with Gasteiger partial charge in [-0.15, -0.1) is 0 Å². The Labute approximate surface area is 125 Å². The lowest BCUT2D eigenvalue weighted by Gasteiger charge is -2.44. The molecular formula is C15H24N2O2S. The number of rotatable bonds is 5. The van der Waals surface area contributed by atoms with E-state index in [2.05, 4.69) is 11.6 Å². The van der Waals surface area contributed by atoms with Gasteiger partial charge in [0.25, 0.3) is 0 Å². The van der Waals surface area contributed by atoms with E-state index < -0.39 is 5.54 Å². The molecule has 5 heteroatoms. The summed E-state index contributed by atoms with van der Waals surface area (Å²) in [7, 11) is 0. The Hall–Kier alpha value is -0.710. The predicted molar refractivity (Wildman–Crippen MR) is 80.6 cm³/mol. The van der Waals surface area contributed by atoms with Crippen molar-refractivity contribution in [1.82, 2.24) is 10.2 Å². The summed E-state index contributed by atoms with van der Waals surface area (Å²) < 4.78 is 0. The quantitative estimate of drug-likeness (QED) is 0.787. The number of nitrogens with zero attached hydrogens (tertiary/aromatic N) is 1. The Morgan fingerprint density at radius 2 is 2.00 bits per heavy atom. The molecule has 112 valence electrons. The van der Waals surface area contributed by atoms with Gasteiger partial charge in [-0.25, -0.2) is 0 Å². The summed E-state index contributed by atoms with van der Waals surface area (Å²) >= 11 is 1.80. The van der Waals surface area contributed by atoms with Crippen LogP contribution in [0.15, 0.2) is 0 Å². The summed E-state index contributed by atoms with van der Waals surface area (Å²) in [5.41, 5.74) is -0.554. The van der Waals surface area contributed by atoms with Crippen LogP contribution in [0.4, 0.5) is 0 Å². The van der Waals surface area contributed by atoms with Crippen molar-refractivity contribution in [2.45, 2.75) is 56.5 Å². The van der Waals surface area contributed by atoms with E-state index in [9.17, 15) is 9.59 Å². The summed E-state index contributed by atoms with van der Waals surface area (Å²) in [5, 5.41) is 3.10. The molecular weight excluding hydrogens is 272 g/mol. The average Bonchev–Trinajstić information content (AvgIpc) is 3.15. The highest BCUT2D eigenvalue weighted by Gasteiger charge is 2.55. The number of hydrogen-bond donors (Lipinski definition) is 1. The molecule has 1 atom stereocenters. The summed E-state index contributed by atoms with van der Waals surface area (Å²) in [6.07, 6.45) is 9.02. The highest BCUT2D eigenvalue weighted by molar-refractivity contribution is 7.98. The Bertz CT molecular complexity index is 403. The summed E-state index contributed by atoms with van der Waals surface area (Å²) in [5.74, 6) is 1.77. The van der Waals surface area contributed by atoms with E-state index in [1.54, 1.807) is 11.8 Å². The first-order valence-corrected chi connectivity index (χ1v) is 9.19. The van der Waals surface area contributed by atoms with Gasteiger partial charge in [-0.1, -0.05) is 12.8 Å². The second-order valence-electron chi connectivity index (χ2n) is 6.41. The van der Waals surface area contributed by atoms with E-state index in [1.807, 2.05) is 4.90 Å². The first kappa shape index (κ1) is 14.2. The second kappa shape index (κ2) is 5.58. The molecule has 4 nitrogen and oxygen atoms in total. The molecule has 1 heterocycles. The molecule has 2 saturated carbocycles. The van der Waals surface area contributed by atoms with Gasteiger partial charge in [0.05, 0.1) is 0 Å². The van der Waals surface area contributed by atoms with Crippen molar-refractivity contribution < 1.29 is 9.59 Å². The normalized spacial score (nSPS) is 29.1. The monoisotopic (exact) mass is 296 g/mol.